The predicted molar refractivity (Wildman–Crippen MR) is 207 cm³/mol. The fourth-order valence-electron chi connectivity index (χ4n) is 4.81. The first-order valence-corrected chi connectivity index (χ1v) is 17.7. The number of nitrogen functional groups attached to an aromatic ring is 1. The molecule has 56 heavy (non-hydrogen) atoms. The topological polar surface area (TPSA) is 193 Å². The average molecular weight is 776 g/mol. The maximum atomic E-state index is 13.6. The van der Waals surface area contributed by atoms with Crippen molar-refractivity contribution in [2.24, 2.45) is 10.7 Å². The molecule has 0 aliphatic heterocycles. The number of ether oxygens (including phenoxy) is 2. The summed E-state index contributed by atoms with van der Waals surface area (Å²) >= 11 is 0. The number of hydrogen-bond donors (Lipinski definition) is 4. The highest BCUT2D eigenvalue weighted by Gasteiger charge is 2.28. The number of aliphatic imine (C=N–C) groups is 1. The van der Waals surface area contributed by atoms with Crippen LogP contribution in [0.3, 0.4) is 0 Å². The number of nitrogens with one attached hydrogen (secondary N) is 2. The fourth-order valence-corrected chi connectivity index (χ4v) is 4.81. The summed E-state index contributed by atoms with van der Waals surface area (Å²) in [5.74, 6) is -0.828. The van der Waals surface area contributed by atoms with Crippen LogP contribution in [0.25, 0.3) is 11.3 Å². The van der Waals surface area contributed by atoms with E-state index in [9.17, 15) is 32.3 Å². The van der Waals surface area contributed by atoms with Crippen molar-refractivity contribution in [3.8, 4) is 11.3 Å². The smallest absolute Gasteiger partial charge is 0.435 e. The quantitative estimate of drug-likeness (QED) is 0.0274. The van der Waals surface area contributed by atoms with Gasteiger partial charge in [0.1, 0.15) is 19.0 Å². The number of aromatic nitrogens is 2. The lowest BCUT2D eigenvalue weighted by atomic mass is 10.1. The van der Waals surface area contributed by atoms with E-state index in [0.717, 1.165) is 43.7 Å². The van der Waals surface area contributed by atoms with Crippen LogP contribution in [-0.4, -0.2) is 52.2 Å². The number of halogens is 3. The van der Waals surface area contributed by atoms with Gasteiger partial charge in [0.25, 0.3) is 5.56 Å². The SMILES string of the molecule is C=C(C)C(F)(F)F.CCCCOC(=O)c1cc(N)cc(-c2cnc(NC3CC3)c(=O)n2CC(=O)NCc2ccc(/C(N)=N/C(=O)OCc3ccccc3)cc2)c1. The van der Waals surface area contributed by atoms with Gasteiger partial charge in [0.2, 0.25) is 5.91 Å². The molecule has 5 rings (SSSR count). The zero-order chi connectivity index (χ0) is 40.8. The zero-order valence-electron chi connectivity index (χ0n) is 31.0. The second-order valence-corrected chi connectivity index (χ2v) is 12.9. The van der Waals surface area contributed by atoms with E-state index < -0.39 is 35.3 Å². The number of amidine groups is 1. The number of rotatable bonds is 14. The number of unbranched alkanes of at least 4 members (excludes halogenated alkanes) is 1. The van der Waals surface area contributed by atoms with E-state index in [1.807, 2.05) is 37.3 Å². The van der Waals surface area contributed by atoms with Crippen LogP contribution in [0.1, 0.15) is 66.6 Å². The number of hydrogen-bond acceptors (Lipinski definition) is 9. The number of alkyl halides is 3. The maximum Gasteiger partial charge on any atom is 0.435 e. The van der Waals surface area contributed by atoms with Crippen LogP contribution >= 0.6 is 0 Å². The third-order valence-corrected chi connectivity index (χ3v) is 8.13. The van der Waals surface area contributed by atoms with Gasteiger partial charge >= 0.3 is 18.2 Å². The molecule has 0 unspecified atom stereocenters. The molecular formula is C40H44F3N7O6. The number of esters is 1. The van der Waals surface area contributed by atoms with Crippen molar-refractivity contribution in [2.45, 2.75) is 71.4 Å². The van der Waals surface area contributed by atoms with E-state index in [2.05, 4.69) is 27.2 Å². The van der Waals surface area contributed by atoms with Crippen LogP contribution in [0.5, 0.6) is 0 Å². The molecule has 2 amide bonds. The zero-order valence-corrected chi connectivity index (χ0v) is 31.0. The van der Waals surface area contributed by atoms with Gasteiger partial charge in [-0.15, -0.1) is 0 Å². The minimum atomic E-state index is -4.19. The number of nitrogens with zero attached hydrogens (tertiary/aromatic N) is 3. The Bertz CT molecular complexity index is 2100. The first-order chi connectivity index (χ1) is 26.6. The molecule has 1 aliphatic rings. The Hall–Kier alpha value is -6.45. The van der Waals surface area contributed by atoms with Gasteiger partial charge in [-0.25, -0.2) is 14.6 Å². The van der Waals surface area contributed by atoms with E-state index in [0.29, 0.717) is 22.5 Å². The third-order valence-electron chi connectivity index (χ3n) is 8.13. The Balaban J connectivity index is 0.000000908. The van der Waals surface area contributed by atoms with Crippen LogP contribution in [0.4, 0.5) is 29.5 Å². The van der Waals surface area contributed by atoms with Crippen molar-refractivity contribution in [1.29, 1.82) is 0 Å². The number of amides is 2. The van der Waals surface area contributed by atoms with Crippen LogP contribution in [0, 0.1) is 0 Å². The standard InChI is InChI=1S/C36H39N7O6.C4H5F3/c1-2-3-15-48-35(46)27-16-26(17-28(37)18-27)30-20-40-33(41-29-13-14-29)34(45)43(30)21-31(44)39-19-23-9-11-25(12-10-23)32(38)42-36(47)49-22-24-7-5-4-6-8-24;1-3(2)4(5,6)7/h4-12,16-18,20,29H,2-3,13-15,19,21-22,37H2,1H3,(H,39,44)(H,40,41)(H2,38,42,47);1H2,2H3. The summed E-state index contributed by atoms with van der Waals surface area (Å²) in [7, 11) is 0. The van der Waals surface area contributed by atoms with Gasteiger partial charge in [-0.1, -0.05) is 74.5 Å². The Labute approximate surface area is 321 Å². The minimum absolute atomic E-state index is 0.00669. The van der Waals surface area contributed by atoms with Gasteiger partial charge in [-0.3, -0.25) is 14.2 Å². The lowest BCUT2D eigenvalue weighted by molar-refractivity contribution is -0.121. The van der Waals surface area contributed by atoms with Crippen molar-refractivity contribution in [1.82, 2.24) is 14.9 Å². The molecule has 4 aromatic rings. The lowest BCUT2D eigenvalue weighted by Crippen LogP contribution is -2.34. The molecule has 1 heterocycles. The van der Waals surface area contributed by atoms with Crippen LogP contribution in [0.2, 0.25) is 0 Å². The molecule has 0 bridgehead atoms. The first kappa shape index (κ1) is 42.3. The van der Waals surface area contributed by atoms with Gasteiger partial charge in [0, 0.05) is 35.0 Å². The van der Waals surface area contributed by atoms with E-state index in [1.165, 1.54) is 16.8 Å². The number of carbonyl (C=O) groups is 3. The molecule has 1 fully saturated rings. The van der Waals surface area contributed by atoms with Crippen LogP contribution in [0.15, 0.2) is 101 Å². The van der Waals surface area contributed by atoms with Crippen LogP contribution in [-0.2, 0) is 34.0 Å². The van der Waals surface area contributed by atoms with E-state index >= 15 is 0 Å². The van der Waals surface area contributed by atoms with E-state index in [1.54, 1.807) is 36.4 Å². The molecular weight excluding hydrogens is 731 g/mol. The summed E-state index contributed by atoms with van der Waals surface area (Å²) in [6.45, 7) is 5.82. The monoisotopic (exact) mass is 775 g/mol. The van der Waals surface area contributed by atoms with Crippen molar-refractivity contribution in [2.75, 3.05) is 17.7 Å². The Kier molecular flexibility index (Phi) is 14.9. The van der Waals surface area contributed by atoms with E-state index in [4.69, 9.17) is 20.9 Å². The highest BCUT2D eigenvalue weighted by Crippen LogP contribution is 2.26. The Morgan fingerprint density at radius 2 is 1.68 bits per heavy atom. The largest absolute Gasteiger partial charge is 0.462 e. The molecule has 0 atom stereocenters. The molecule has 13 nitrogen and oxygen atoms in total. The summed E-state index contributed by atoms with van der Waals surface area (Å²) < 4.78 is 45.1. The molecule has 3 aromatic carbocycles. The second kappa shape index (κ2) is 19.8. The molecule has 1 saturated carbocycles. The first-order valence-electron chi connectivity index (χ1n) is 17.7. The Morgan fingerprint density at radius 3 is 2.30 bits per heavy atom. The minimum Gasteiger partial charge on any atom is -0.462 e. The summed E-state index contributed by atoms with van der Waals surface area (Å²) in [4.78, 5) is 59.8. The Morgan fingerprint density at radius 1 is 1.00 bits per heavy atom. The molecule has 0 radical (unpaired) electrons. The summed E-state index contributed by atoms with van der Waals surface area (Å²) in [6.07, 6.45) is -0.0526. The number of benzene rings is 3. The van der Waals surface area contributed by atoms with Gasteiger partial charge < -0.3 is 31.6 Å². The fraction of sp³-hybridized carbons (Fsp3) is 0.300. The molecule has 1 aromatic heterocycles. The van der Waals surface area contributed by atoms with Gasteiger partial charge in [0.15, 0.2) is 5.82 Å². The van der Waals surface area contributed by atoms with E-state index in [-0.39, 0.29) is 49.6 Å². The normalized spacial score (nSPS) is 12.5. The maximum absolute atomic E-state index is 13.6. The van der Waals surface area contributed by atoms with Crippen LogP contribution < -0.4 is 27.7 Å². The average Bonchev–Trinajstić information content (AvgIpc) is 3.99. The molecule has 16 heteroatoms. The molecule has 0 spiro atoms. The summed E-state index contributed by atoms with van der Waals surface area (Å²) in [5.41, 5.74) is 14.3. The highest BCUT2D eigenvalue weighted by atomic mass is 19.4. The van der Waals surface area contributed by atoms with Gasteiger partial charge in [0.05, 0.1) is 24.1 Å². The van der Waals surface area contributed by atoms with Crippen molar-refractivity contribution < 1.29 is 37.0 Å². The third kappa shape index (κ3) is 13.1. The van der Waals surface area contributed by atoms with Crippen molar-refractivity contribution >= 4 is 35.3 Å². The number of allylic oxidation sites excluding steroid dienone is 1. The van der Waals surface area contributed by atoms with Gasteiger partial charge in [-0.05, 0) is 55.5 Å². The lowest BCUT2D eigenvalue weighted by Gasteiger charge is -2.16. The molecule has 0 saturated heterocycles. The predicted octanol–water partition coefficient (Wildman–Crippen LogP) is 6.51. The number of carbonyl (C=O) groups excluding carboxylic acids is 3. The summed E-state index contributed by atoms with van der Waals surface area (Å²) in [5, 5.41) is 5.96. The van der Waals surface area contributed by atoms with Gasteiger partial charge in [-0.2, -0.15) is 18.2 Å². The van der Waals surface area contributed by atoms with Crippen molar-refractivity contribution in [3.63, 3.8) is 0 Å². The summed E-state index contributed by atoms with van der Waals surface area (Å²) in [6, 6.07) is 20.9. The number of nitrogens with two attached hydrogens (primary N) is 2. The highest BCUT2D eigenvalue weighted by molar-refractivity contribution is 6.02. The number of anilines is 2. The molecule has 1 aliphatic carbocycles. The molecule has 296 valence electrons. The second-order valence-electron chi connectivity index (χ2n) is 12.9. The molecule has 6 N–H and O–H groups in total. The van der Waals surface area contributed by atoms with Crippen molar-refractivity contribution in [3.05, 3.63) is 124 Å².